The molecule has 108 valence electrons. The molecule has 0 radical (unpaired) electrons. The minimum Gasteiger partial charge on any atom is -0.372 e. The van der Waals surface area contributed by atoms with E-state index in [9.17, 15) is 4.79 Å². The van der Waals surface area contributed by atoms with Crippen LogP contribution >= 0.6 is 0 Å². The molecule has 0 spiro atoms. The van der Waals surface area contributed by atoms with E-state index in [1.54, 1.807) is 12.4 Å². The summed E-state index contributed by atoms with van der Waals surface area (Å²) >= 11 is 0. The third-order valence-corrected chi connectivity index (χ3v) is 3.74. The summed E-state index contributed by atoms with van der Waals surface area (Å²) in [6.07, 6.45) is 6.31. The van der Waals surface area contributed by atoms with E-state index in [0.717, 1.165) is 24.3 Å². The monoisotopic (exact) mass is 281 g/mol. The van der Waals surface area contributed by atoms with Gasteiger partial charge in [0.05, 0.1) is 6.42 Å². The number of pyridine rings is 1. The van der Waals surface area contributed by atoms with Crippen molar-refractivity contribution in [3.63, 3.8) is 0 Å². The molecule has 0 aliphatic carbocycles. The van der Waals surface area contributed by atoms with Crippen LogP contribution in [0.15, 0.2) is 48.8 Å². The van der Waals surface area contributed by atoms with Crippen molar-refractivity contribution in [1.29, 1.82) is 0 Å². The standard InChI is InChI=1S/C17H19N3O/c21-17(13-14-7-9-18-10-8-14)19-15-3-5-16(6-4-15)20-11-1-2-12-20/h3-10H,1-2,11-13H2,(H,19,21). The Morgan fingerprint density at radius 3 is 2.38 bits per heavy atom. The lowest BCUT2D eigenvalue weighted by molar-refractivity contribution is -0.115. The van der Waals surface area contributed by atoms with E-state index >= 15 is 0 Å². The van der Waals surface area contributed by atoms with Crippen molar-refractivity contribution in [3.05, 3.63) is 54.4 Å². The number of carbonyl (C=O) groups excluding carboxylic acids is 1. The summed E-state index contributed by atoms with van der Waals surface area (Å²) in [7, 11) is 0. The topological polar surface area (TPSA) is 45.2 Å². The molecule has 1 N–H and O–H groups in total. The molecule has 1 aromatic carbocycles. The Morgan fingerprint density at radius 2 is 1.71 bits per heavy atom. The maximum absolute atomic E-state index is 12.0. The normalized spacial score (nSPS) is 14.2. The highest BCUT2D eigenvalue weighted by Gasteiger charge is 2.12. The van der Waals surface area contributed by atoms with Gasteiger partial charge in [0.15, 0.2) is 0 Å². The minimum atomic E-state index is -0.00452. The molecular formula is C17H19N3O. The minimum absolute atomic E-state index is 0.00452. The highest BCUT2D eigenvalue weighted by atomic mass is 16.1. The summed E-state index contributed by atoms with van der Waals surface area (Å²) in [6, 6.07) is 11.8. The van der Waals surface area contributed by atoms with Crippen molar-refractivity contribution in [2.75, 3.05) is 23.3 Å². The molecule has 1 saturated heterocycles. The van der Waals surface area contributed by atoms with Crippen LogP contribution in [0.5, 0.6) is 0 Å². The third-order valence-electron chi connectivity index (χ3n) is 3.74. The van der Waals surface area contributed by atoms with E-state index in [4.69, 9.17) is 0 Å². The first-order valence-corrected chi connectivity index (χ1v) is 7.35. The average molecular weight is 281 g/mol. The molecule has 0 saturated carbocycles. The van der Waals surface area contributed by atoms with E-state index in [1.807, 2.05) is 24.3 Å². The van der Waals surface area contributed by atoms with Gasteiger partial charge < -0.3 is 10.2 Å². The quantitative estimate of drug-likeness (QED) is 0.937. The Labute approximate surface area is 124 Å². The highest BCUT2D eigenvalue weighted by Crippen LogP contribution is 2.22. The zero-order valence-electron chi connectivity index (χ0n) is 12.0. The molecule has 0 atom stereocenters. The van der Waals surface area contributed by atoms with E-state index in [-0.39, 0.29) is 5.91 Å². The predicted octanol–water partition coefficient (Wildman–Crippen LogP) is 2.86. The van der Waals surface area contributed by atoms with Gasteiger partial charge in [-0.3, -0.25) is 9.78 Å². The van der Waals surface area contributed by atoms with E-state index < -0.39 is 0 Å². The lowest BCUT2D eigenvalue weighted by Gasteiger charge is -2.17. The second-order valence-electron chi connectivity index (χ2n) is 5.32. The van der Waals surface area contributed by atoms with Crippen molar-refractivity contribution in [1.82, 2.24) is 4.98 Å². The Hall–Kier alpha value is -2.36. The van der Waals surface area contributed by atoms with Crippen LogP contribution < -0.4 is 10.2 Å². The number of aromatic nitrogens is 1. The van der Waals surface area contributed by atoms with Crippen molar-refractivity contribution in [2.45, 2.75) is 19.3 Å². The zero-order valence-corrected chi connectivity index (χ0v) is 12.0. The molecule has 4 nitrogen and oxygen atoms in total. The van der Waals surface area contributed by atoms with Gasteiger partial charge in [0.1, 0.15) is 0 Å². The molecule has 2 heterocycles. The van der Waals surface area contributed by atoms with Gasteiger partial charge in [-0.2, -0.15) is 0 Å². The molecule has 2 aromatic rings. The first-order valence-electron chi connectivity index (χ1n) is 7.35. The van der Waals surface area contributed by atoms with Crippen molar-refractivity contribution >= 4 is 17.3 Å². The van der Waals surface area contributed by atoms with E-state index in [1.165, 1.54) is 18.5 Å². The van der Waals surface area contributed by atoms with Gasteiger partial charge >= 0.3 is 0 Å². The largest absolute Gasteiger partial charge is 0.372 e. The predicted molar refractivity (Wildman–Crippen MR) is 84.5 cm³/mol. The number of hydrogen-bond donors (Lipinski definition) is 1. The number of carbonyl (C=O) groups is 1. The van der Waals surface area contributed by atoms with Gasteiger partial charge in [-0.15, -0.1) is 0 Å². The maximum atomic E-state index is 12.0. The van der Waals surface area contributed by atoms with Gasteiger partial charge in [-0.05, 0) is 54.8 Å². The van der Waals surface area contributed by atoms with E-state index in [2.05, 4.69) is 27.3 Å². The number of nitrogens with one attached hydrogen (secondary N) is 1. The lowest BCUT2D eigenvalue weighted by atomic mass is 10.2. The zero-order chi connectivity index (χ0) is 14.5. The van der Waals surface area contributed by atoms with Gasteiger partial charge in [-0.1, -0.05) is 0 Å². The first kappa shape index (κ1) is 13.6. The molecule has 1 amide bonds. The molecule has 1 aromatic heterocycles. The Bertz CT molecular complexity index is 589. The van der Waals surface area contributed by atoms with Crippen LogP contribution in [-0.2, 0) is 11.2 Å². The fraction of sp³-hybridized carbons (Fsp3) is 0.294. The number of hydrogen-bond acceptors (Lipinski definition) is 3. The van der Waals surface area contributed by atoms with Crippen LogP contribution in [0.25, 0.3) is 0 Å². The average Bonchev–Trinajstić information content (AvgIpc) is 3.03. The fourth-order valence-electron chi connectivity index (χ4n) is 2.62. The SMILES string of the molecule is O=C(Cc1ccncc1)Nc1ccc(N2CCCC2)cc1. The number of rotatable bonds is 4. The highest BCUT2D eigenvalue weighted by molar-refractivity contribution is 5.92. The van der Waals surface area contributed by atoms with Crippen LogP contribution in [0, 0.1) is 0 Å². The summed E-state index contributed by atoms with van der Waals surface area (Å²) in [6.45, 7) is 2.27. The summed E-state index contributed by atoms with van der Waals surface area (Å²) < 4.78 is 0. The number of amides is 1. The number of nitrogens with zero attached hydrogens (tertiary/aromatic N) is 2. The van der Waals surface area contributed by atoms with Crippen molar-refractivity contribution in [3.8, 4) is 0 Å². The molecule has 4 heteroatoms. The van der Waals surface area contributed by atoms with Crippen LogP contribution in [0.1, 0.15) is 18.4 Å². The van der Waals surface area contributed by atoms with Crippen LogP contribution in [0.3, 0.4) is 0 Å². The molecule has 1 aliphatic rings. The molecule has 0 bridgehead atoms. The maximum Gasteiger partial charge on any atom is 0.228 e. The summed E-state index contributed by atoms with van der Waals surface area (Å²) in [4.78, 5) is 18.3. The molecule has 1 aliphatic heterocycles. The van der Waals surface area contributed by atoms with Gasteiger partial charge in [0.25, 0.3) is 0 Å². The fourth-order valence-corrected chi connectivity index (χ4v) is 2.62. The van der Waals surface area contributed by atoms with Gasteiger partial charge in [-0.25, -0.2) is 0 Å². The van der Waals surface area contributed by atoms with Crippen LogP contribution in [-0.4, -0.2) is 24.0 Å². The van der Waals surface area contributed by atoms with Crippen LogP contribution in [0.2, 0.25) is 0 Å². The number of anilines is 2. The summed E-state index contributed by atoms with van der Waals surface area (Å²) in [5.74, 6) is -0.00452. The second kappa shape index (κ2) is 6.39. The van der Waals surface area contributed by atoms with Gasteiger partial charge in [0, 0.05) is 36.9 Å². The smallest absolute Gasteiger partial charge is 0.228 e. The molecule has 1 fully saturated rings. The van der Waals surface area contributed by atoms with Crippen molar-refractivity contribution in [2.24, 2.45) is 0 Å². The summed E-state index contributed by atoms with van der Waals surface area (Å²) in [5, 5.41) is 2.93. The first-order chi connectivity index (χ1) is 10.3. The third kappa shape index (κ3) is 3.60. The van der Waals surface area contributed by atoms with E-state index in [0.29, 0.717) is 6.42 Å². The lowest BCUT2D eigenvalue weighted by Crippen LogP contribution is -2.18. The summed E-state index contributed by atoms with van der Waals surface area (Å²) in [5.41, 5.74) is 3.05. The molecule has 0 unspecified atom stereocenters. The van der Waals surface area contributed by atoms with Crippen LogP contribution in [0.4, 0.5) is 11.4 Å². The molecule has 21 heavy (non-hydrogen) atoms. The second-order valence-corrected chi connectivity index (χ2v) is 5.32. The van der Waals surface area contributed by atoms with Gasteiger partial charge in [0.2, 0.25) is 5.91 Å². The Morgan fingerprint density at radius 1 is 1.05 bits per heavy atom. The number of benzene rings is 1. The Balaban J connectivity index is 1.58. The molecule has 3 rings (SSSR count). The Kier molecular flexibility index (Phi) is 4.15. The van der Waals surface area contributed by atoms with Crippen molar-refractivity contribution < 1.29 is 4.79 Å². The molecular weight excluding hydrogens is 262 g/mol.